The summed E-state index contributed by atoms with van der Waals surface area (Å²) in [6.45, 7) is 0.228. The van der Waals surface area contributed by atoms with Crippen molar-refractivity contribution in [2.45, 2.75) is 38.1 Å². The van der Waals surface area contributed by atoms with E-state index in [1.807, 2.05) is 0 Å². The first-order valence-electron chi connectivity index (χ1n) is 8.00. The minimum atomic E-state index is -0.754. The molecular weight excluding hydrogens is 312 g/mol. The van der Waals surface area contributed by atoms with Crippen LogP contribution in [0.15, 0.2) is 24.3 Å². The summed E-state index contributed by atoms with van der Waals surface area (Å²) in [5, 5.41) is 11.9. The van der Waals surface area contributed by atoms with Gasteiger partial charge in [0.2, 0.25) is 11.8 Å². The molecule has 1 aromatic carbocycles. The summed E-state index contributed by atoms with van der Waals surface area (Å²) in [4.78, 5) is 33.7. The molecule has 0 unspecified atom stereocenters. The van der Waals surface area contributed by atoms with Gasteiger partial charge >= 0.3 is 5.97 Å². The van der Waals surface area contributed by atoms with Gasteiger partial charge in [0.25, 0.3) is 0 Å². The van der Waals surface area contributed by atoms with E-state index in [9.17, 15) is 14.4 Å². The number of nitrogens with one attached hydrogen (secondary N) is 1. The minimum Gasteiger partial charge on any atom is -0.493 e. The average molecular weight is 334 g/mol. The van der Waals surface area contributed by atoms with Gasteiger partial charge in [0.05, 0.1) is 18.9 Å². The number of aliphatic carboxylic acids is 1. The Morgan fingerprint density at radius 1 is 1.12 bits per heavy atom. The fourth-order valence-corrected chi connectivity index (χ4v) is 2.76. The molecule has 0 saturated heterocycles. The molecule has 1 fully saturated rings. The third-order valence-corrected chi connectivity index (χ3v) is 4.18. The van der Waals surface area contributed by atoms with Gasteiger partial charge < -0.3 is 20.9 Å². The number of ether oxygens (including phenoxy) is 1. The summed E-state index contributed by atoms with van der Waals surface area (Å²) in [5.41, 5.74) is 5.55. The molecule has 1 aliphatic rings. The highest BCUT2D eigenvalue weighted by atomic mass is 16.5. The van der Waals surface area contributed by atoms with Crippen LogP contribution in [0.2, 0.25) is 0 Å². The normalized spacial score (nSPS) is 20.2. The van der Waals surface area contributed by atoms with Gasteiger partial charge in [-0.05, 0) is 49.9 Å². The Hall–Kier alpha value is -2.57. The number of amides is 2. The fraction of sp³-hybridized carbons (Fsp3) is 0.471. The van der Waals surface area contributed by atoms with E-state index in [0.29, 0.717) is 37.0 Å². The SMILES string of the molecule is NC(=O)c1ccc(OCCC(=O)NC2CCC(C(=O)O)CC2)cc1. The van der Waals surface area contributed by atoms with Gasteiger partial charge in [-0.2, -0.15) is 0 Å². The van der Waals surface area contributed by atoms with Crippen LogP contribution in [0.4, 0.5) is 0 Å². The van der Waals surface area contributed by atoms with Gasteiger partial charge in [-0.3, -0.25) is 14.4 Å². The second-order valence-corrected chi connectivity index (χ2v) is 5.94. The van der Waals surface area contributed by atoms with Crippen LogP contribution in [0.25, 0.3) is 0 Å². The van der Waals surface area contributed by atoms with Crippen molar-refractivity contribution in [2.75, 3.05) is 6.61 Å². The van der Waals surface area contributed by atoms with Crippen LogP contribution in [0.3, 0.4) is 0 Å². The van der Waals surface area contributed by atoms with Crippen LogP contribution in [-0.4, -0.2) is 35.5 Å². The molecule has 1 aliphatic carbocycles. The van der Waals surface area contributed by atoms with Crippen molar-refractivity contribution < 1.29 is 24.2 Å². The highest BCUT2D eigenvalue weighted by Crippen LogP contribution is 2.24. The Bertz CT molecular complexity index is 592. The van der Waals surface area contributed by atoms with Gasteiger partial charge in [-0.25, -0.2) is 0 Å². The number of rotatable bonds is 7. The molecule has 0 aliphatic heterocycles. The number of carbonyl (C=O) groups is 3. The number of benzene rings is 1. The maximum absolute atomic E-state index is 11.9. The number of carbonyl (C=O) groups excluding carboxylic acids is 2. The smallest absolute Gasteiger partial charge is 0.306 e. The third-order valence-electron chi connectivity index (χ3n) is 4.18. The van der Waals surface area contributed by atoms with Crippen LogP contribution in [-0.2, 0) is 9.59 Å². The Labute approximate surface area is 140 Å². The van der Waals surface area contributed by atoms with Gasteiger partial charge in [-0.1, -0.05) is 0 Å². The van der Waals surface area contributed by atoms with Crippen molar-refractivity contribution >= 4 is 17.8 Å². The molecule has 0 aromatic heterocycles. The number of hydrogen-bond acceptors (Lipinski definition) is 4. The maximum atomic E-state index is 11.9. The lowest BCUT2D eigenvalue weighted by Gasteiger charge is -2.26. The van der Waals surface area contributed by atoms with Crippen molar-refractivity contribution in [1.29, 1.82) is 0 Å². The van der Waals surface area contributed by atoms with E-state index in [1.54, 1.807) is 24.3 Å². The predicted molar refractivity (Wildman–Crippen MR) is 86.6 cm³/mol. The van der Waals surface area contributed by atoms with Gasteiger partial charge in [-0.15, -0.1) is 0 Å². The number of nitrogens with two attached hydrogens (primary N) is 1. The Kier molecular flexibility index (Phi) is 6.17. The summed E-state index contributed by atoms with van der Waals surface area (Å²) < 4.78 is 5.46. The molecule has 0 radical (unpaired) electrons. The summed E-state index contributed by atoms with van der Waals surface area (Å²) >= 11 is 0. The molecular formula is C17H22N2O5. The van der Waals surface area contributed by atoms with Crippen molar-refractivity contribution in [3.8, 4) is 5.75 Å². The average Bonchev–Trinajstić information content (AvgIpc) is 2.55. The third kappa shape index (κ3) is 5.26. The molecule has 0 atom stereocenters. The molecule has 2 amide bonds. The number of primary amides is 1. The highest BCUT2D eigenvalue weighted by molar-refractivity contribution is 5.92. The van der Waals surface area contributed by atoms with Crippen LogP contribution >= 0.6 is 0 Å². The molecule has 130 valence electrons. The van der Waals surface area contributed by atoms with Crippen molar-refractivity contribution in [3.05, 3.63) is 29.8 Å². The van der Waals surface area contributed by atoms with Crippen LogP contribution < -0.4 is 15.8 Å². The first-order valence-corrected chi connectivity index (χ1v) is 8.00. The second kappa shape index (κ2) is 8.33. The van der Waals surface area contributed by atoms with Gasteiger partial charge in [0.1, 0.15) is 5.75 Å². The first-order chi connectivity index (χ1) is 11.5. The quantitative estimate of drug-likeness (QED) is 0.695. The lowest BCUT2D eigenvalue weighted by atomic mass is 9.86. The van der Waals surface area contributed by atoms with Gasteiger partial charge in [0, 0.05) is 11.6 Å². The van der Waals surface area contributed by atoms with Crippen molar-refractivity contribution in [1.82, 2.24) is 5.32 Å². The Balaban J connectivity index is 1.66. The Morgan fingerprint density at radius 2 is 1.75 bits per heavy atom. The molecule has 1 aromatic rings. The number of hydrogen-bond donors (Lipinski definition) is 3. The molecule has 0 spiro atoms. The van der Waals surface area contributed by atoms with Crippen molar-refractivity contribution in [3.63, 3.8) is 0 Å². The van der Waals surface area contributed by atoms with Crippen LogP contribution in [0.1, 0.15) is 42.5 Å². The lowest BCUT2D eigenvalue weighted by Crippen LogP contribution is -2.39. The number of carboxylic acids is 1. The predicted octanol–water partition coefficient (Wildman–Crippen LogP) is 1.31. The van der Waals surface area contributed by atoms with E-state index in [-0.39, 0.29) is 30.9 Å². The topological polar surface area (TPSA) is 119 Å². The van der Waals surface area contributed by atoms with Crippen LogP contribution in [0.5, 0.6) is 5.75 Å². The monoisotopic (exact) mass is 334 g/mol. The van der Waals surface area contributed by atoms with E-state index < -0.39 is 11.9 Å². The first kappa shape index (κ1) is 17.8. The molecule has 0 bridgehead atoms. The van der Waals surface area contributed by atoms with E-state index in [2.05, 4.69) is 5.32 Å². The lowest BCUT2D eigenvalue weighted by molar-refractivity contribution is -0.142. The zero-order valence-electron chi connectivity index (χ0n) is 13.4. The summed E-state index contributed by atoms with van der Waals surface area (Å²) in [5.74, 6) is -1.09. The van der Waals surface area contributed by atoms with Gasteiger partial charge in [0.15, 0.2) is 0 Å². The molecule has 0 heterocycles. The largest absolute Gasteiger partial charge is 0.493 e. The van der Waals surface area contributed by atoms with E-state index in [0.717, 1.165) is 0 Å². The maximum Gasteiger partial charge on any atom is 0.306 e. The summed E-state index contributed by atoms with van der Waals surface area (Å²) in [6.07, 6.45) is 2.80. The Morgan fingerprint density at radius 3 is 2.29 bits per heavy atom. The minimum absolute atomic E-state index is 0.0444. The molecule has 7 heteroatoms. The van der Waals surface area contributed by atoms with E-state index in [4.69, 9.17) is 15.6 Å². The highest BCUT2D eigenvalue weighted by Gasteiger charge is 2.26. The fourth-order valence-electron chi connectivity index (χ4n) is 2.76. The molecule has 24 heavy (non-hydrogen) atoms. The molecule has 2 rings (SSSR count). The zero-order chi connectivity index (χ0) is 17.5. The van der Waals surface area contributed by atoms with E-state index in [1.165, 1.54) is 0 Å². The number of carboxylic acid groups (broad SMARTS) is 1. The summed E-state index contributed by atoms with van der Waals surface area (Å²) in [6, 6.07) is 6.44. The zero-order valence-corrected chi connectivity index (χ0v) is 13.4. The second-order valence-electron chi connectivity index (χ2n) is 5.94. The van der Waals surface area contributed by atoms with Crippen molar-refractivity contribution in [2.24, 2.45) is 11.7 Å². The van der Waals surface area contributed by atoms with Crippen LogP contribution in [0, 0.1) is 5.92 Å². The molecule has 1 saturated carbocycles. The molecule has 4 N–H and O–H groups in total. The van der Waals surface area contributed by atoms with E-state index >= 15 is 0 Å². The molecule has 7 nitrogen and oxygen atoms in total. The standard InChI is InChI=1S/C17H22N2O5/c18-16(21)11-3-7-14(8-4-11)24-10-9-15(20)19-13-5-1-12(2-6-13)17(22)23/h3-4,7-8,12-13H,1-2,5-6,9-10H2,(H2,18,21)(H,19,20)(H,22,23). The summed E-state index contributed by atoms with van der Waals surface area (Å²) in [7, 11) is 0.